The summed E-state index contributed by atoms with van der Waals surface area (Å²) in [5.41, 5.74) is 3.72. The SMILES string of the molecule is Cc1cc(Nc2nc(NC(C)C)c3c(ccn3-c3cnn(C4CCOCC4)c3)n2)n[nH]1. The van der Waals surface area contributed by atoms with Crippen molar-refractivity contribution in [3.05, 3.63) is 36.4 Å². The average Bonchev–Trinajstić information content (AvgIpc) is 3.48. The molecule has 10 heteroatoms. The predicted molar refractivity (Wildman–Crippen MR) is 119 cm³/mol. The molecule has 1 aliphatic heterocycles. The van der Waals surface area contributed by atoms with Gasteiger partial charge in [-0.2, -0.15) is 15.2 Å². The van der Waals surface area contributed by atoms with Crippen molar-refractivity contribution in [2.75, 3.05) is 23.8 Å². The number of anilines is 3. The van der Waals surface area contributed by atoms with E-state index < -0.39 is 0 Å². The first kappa shape index (κ1) is 19.6. The maximum absolute atomic E-state index is 5.48. The standard InChI is InChI=1S/C21H27N9O/c1-13(2)23-20-19-17(24-21(26-20)25-18-10-14(3)27-28-18)4-7-29(19)16-11-22-30(12-16)15-5-8-31-9-6-15/h4,7,10-13,15H,5-6,8-9H2,1-3H3,(H3,23,24,25,26,27,28). The highest BCUT2D eigenvalue weighted by molar-refractivity contribution is 5.89. The monoisotopic (exact) mass is 421 g/mol. The number of nitrogens with zero attached hydrogens (tertiary/aromatic N) is 6. The lowest BCUT2D eigenvalue weighted by Gasteiger charge is -2.22. The molecule has 162 valence electrons. The molecule has 0 amide bonds. The molecule has 5 heterocycles. The van der Waals surface area contributed by atoms with Crippen molar-refractivity contribution in [2.45, 2.75) is 45.7 Å². The minimum absolute atomic E-state index is 0.215. The Morgan fingerprint density at radius 3 is 2.81 bits per heavy atom. The third kappa shape index (κ3) is 3.98. The Bertz CT molecular complexity index is 1180. The lowest BCUT2D eigenvalue weighted by molar-refractivity contribution is 0.0662. The molecule has 4 aromatic rings. The van der Waals surface area contributed by atoms with Crippen molar-refractivity contribution in [3.63, 3.8) is 0 Å². The van der Waals surface area contributed by atoms with Crippen LogP contribution >= 0.6 is 0 Å². The summed E-state index contributed by atoms with van der Waals surface area (Å²) in [5.74, 6) is 1.95. The van der Waals surface area contributed by atoms with Crippen LogP contribution in [0.5, 0.6) is 0 Å². The van der Waals surface area contributed by atoms with Gasteiger partial charge in [-0.3, -0.25) is 9.78 Å². The molecule has 31 heavy (non-hydrogen) atoms. The molecule has 0 spiro atoms. The molecule has 1 saturated heterocycles. The minimum atomic E-state index is 0.215. The molecule has 0 unspecified atom stereocenters. The number of nitrogens with one attached hydrogen (secondary N) is 3. The first-order valence-electron chi connectivity index (χ1n) is 10.6. The van der Waals surface area contributed by atoms with Gasteiger partial charge in [-0.25, -0.2) is 4.98 Å². The molecule has 0 aromatic carbocycles. The second kappa shape index (κ2) is 8.03. The summed E-state index contributed by atoms with van der Waals surface area (Å²) in [7, 11) is 0. The summed E-state index contributed by atoms with van der Waals surface area (Å²) in [6, 6.07) is 4.50. The number of fused-ring (bicyclic) bond motifs is 1. The Morgan fingerprint density at radius 2 is 2.06 bits per heavy atom. The van der Waals surface area contributed by atoms with Gasteiger partial charge in [0, 0.05) is 43.4 Å². The highest BCUT2D eigenvalue weighted by Crippen LogP contribution is 2.29. The van der Waals surface area contributed by atoms with E-state index in [-0.39, 0.29) is 6.04 Å². The average molecular weight is 422 g/mol. The Kier molecular flexibility index (Phi) is 5.06. The first-order valence-corrected chi connectivity index (χ1v) is 10.6. The number of hydrogen-bond acceptors (Lipinski definition) is 7. The molecular weight excluding hydrogens is 394 g/mol. The van der Waals surface area contributed by atoms with Gasteiger partial charge in [0.2, 0.25) is 5.95 Å². The molecular formula is C21H27N9O. The van der Waals surface area contributed by atoms with Crippen LogP contribution in [0.3, 0.4) is 0 Å². The molecule has 1 aliphatic rings. The summed E-state index contributed by atoms with van der Waals surface area (Å²) in [5, 5.41) is 18.4. The quantitative estimate of drug-likeness (QED) is 0.436. The van der Waals surface area contributed by atoms with Crippen LogP contribution in [0, 0.1) is 6.92 Å². The van der Waals surface area contributed by atoms with Gasteiger partial charge in [0.1, 0.15) is 5.52 Å². The van der Waals surface area contributed by atoms with Crippen LogP contribution < -0.4 is 10.6 Å². The van der Waals surface area contributed by atoms with Gasteiger partial charge >= 0.3 is 0 Å². The fourth-order valence-electron chi connectivity index (χ4n) is 3.89. The molecule has 0 aliphatic carbocycles. The van der Waals surface area contributed by atoms with E-state index in [0.29, 0.717) is 17.8 Å². The lowest BCUT2D eigenvalue weighted by Crippen LogP contribution is -2.19. The fraction of sp³-hybridized carbons (Fsp3) is 0.429. The second-order valence-corrected chi connectivity index (χ2v) is 8.20. The van der Waals surface area contributed by atoms with Crippen LogP contribution in [0.2, 0.25) is 0 Å². The van der Waals surface area contributed by atoms with Gasteiger partial charge < -0.3 is 19.9 Å². The topological polar surface area (TPSA) is 110 Å². The zero-order valence-corrected chi connectivity index (χ0v) is 18.0. The van der Waals surface area contributed by atoms with Gasteiger partial charge in [-0.1, -0.05) is 0 Å². The highest BCUT2D eigenvalue weighted by Gasteiger charge is 2.19. The Labute approximate surface area is 180 Å². The van der Waals surface area contributed by atoms with Crippen molar-refractivity contribution in [2.24, 2.45) is 0 Å². The van der Waals surface area contributed by atoms with E-state index in [1.54, 1.807) is 0 Å². The maximum atomic E-state index is 5.48. The number of aromatic nitrogens is 7. The normalized spacial score (nSPS) is 15.1. The third-order valence-electron chi connectivity index (χ3n) is 5.34. The van der Waals surface area contributed by atoms with Crippen LogP contribution in [-0.4, -0.2) is 53.8 Å². The minimum Gasteiger partial charge on any atom is -0.381 e. The molecule has 0 saturated carbocycles. The largest absolute Gasteiger partial charge is 0.381 e. The third-order valence-corrected chi connectivity index (χ3v) is 5.34. The smallest absolute Gasteiger partial charge is 0.231 e. The van der Waals surface area contributed by atoms with E-state index >= 15 is 0 Å². The number of aryl methyl sites for hydroxylation is 1. The summed E-state index contributed by atoms with van der Waals surface area (Å²) < 4.78 is 9.62. The molecule has 5 rings (SSSR count). The fourth-order valence-corrected chi connectivity index (χ4v) is 3.89. The van der Waals surface area contributed by atoms with Crippen LogP contribution in [-0.2, 0) is 4.74 Å². The van der Waals surface area contributed by atoms with Crippen LogP contribution in [0.4, 0.5) is 17.6 Å². The van der Waals surface area contributed by atoms with Crippen LogP contribution in [0.15, 0.2) is 30.7 Å². The molecule has 4 aromatic heterocycles. The summed E-state index contributed by atoms with van der Waals surface area (Å²) in [6.07, 6.45) is 7.97. The van der Waals surface area contributed by atoms with Gasteiger partial charge in [0.05, 0.1) is 23.4 Å². The van der Waals surface area contributed by atoms with E-state index in [4.69, 9.17) is 14.7 Å². The van der Waals surface area contributed by atoms with Gasteiger partial charge in [0.15, 0.2) is 11.6 Å². The maximum Gasteiger partial charge on any atom is 0.231 e. The summed E-state index contributed by atoms with van der Waals surface area (Å²) >= 11 is 0. The zero-order valence-electron chi connectivity index (χ0n) is 18.0. The van der Waals surface area contributed by atoms with E-state index in [0.717, 1.165) is 54.3 Å². The van der Waals surface area contributed by atoms with Gasteiger partial charge in [-0.15, -0.1) is 0 Å². The summed E-state index contributed by atoms with van der Waals surface area (Å²) in [4.78, 5) is 9.46. The summed E-state index contributed by atoms with van der Waals surface area (Å²) in [6.45, 7) is 7.71. The molecule has 0 radical (unpaired) electrons. The Morgan fingerprint density at radius 1 is 1.23 bits per heavy atom. The molecule has 3 N–H and O–H groups in total. The zero-order chi connectivity index (χ0) is 21.4. The van der Waals surface area contributed by atoms with Crippen LogP contribution in [0.25, 0.3) is 16.7 Å². The van der Waals surface area contributed by atoms with E-state index in [1.165, 1.54) is 0 Å². The van der Waals surface area contributed by atoms with Crippen molar-refractivity contribution in [1.82, 2.24) is 34.5 Å². The number of H-pyrrole nitrogens is 1. The van der Waals surface area contributed by atoms with E-state index in [2.05, 4.69) is 55.2 Å². The molecule has 0 atom stereocenters. The van der Waals surface area contributed by atoms with Crippen molar-refractivity contribution < 1.29 is 4.74 Å². The molecule has 1 fully saturated rings. The Balaban J connectivity index is 1.52. The van der Waals surface area contributed by atoms with Crippen LogP contribution in [0.1, 0.15) is 38.4 Å². The highest BCUT2D eigenvalue weighted by atomic mass is 16.5. The number of aromatic amines is 1. The number of hydrogen-bond donors (Lipinski definition) is 3. The Hall–Kier alpha value is -3.40. The van der Waals surface area contributed by atoms with Gasteiger partial charge in [-0.05, 0) is 39.7 Å². The van der Waals surface area contributed by atoms with Crippen molar-refractivity contribution in [3.8, 4) is 5.69 Å². The molecule has 10 nitrogen and oxygen atoms in total. The predicted octanol–water partition coefficient (Wildman–Crippen LogP) is 3.56. The molecule has 0 bridgehead atoms. The van der Waals surface area contributed by atoms with Crippen molar-refractivity contribution in [1.29, 1.82) is 0 Å². The first-order chi connectivity index (χ1) is 15.1. The van der Waals surface area contributed by atoms with E-state index in [1.807, 2.05) is 31.5 Å². The number of rotatable bonds is 6. The second-order valence-electron chi connectivity index (χ2n) is 8.20. The van der Waals surface area contributed by atoms with Crippen molar-refractivity contribution >= 4 is 28.6 Å². The number of ether oxygens (including phenoxy) is 1. The van der Waals surface area contributed by atoms with Gasteiger partial charge in [0.25, 0.3) is 0 Å². The lowest BCUT2D eigenvalue weighted by atomic mass is 10.1. The van der Waals surface area contributed by atoms with E-state index in [9.17, 15) is 0 Å².